The van der Waals surface area contributed by atoms with Crippen LogP contribution in [0.2, 0.25) is 0 Å². The van der Waals surface area contributed by atoms with E-state index < -0.39 is 0 Å². The molecule has 1 amide bonds. The third-order valence-electron chi connectivity index (χ3n) is 4.18. The second-order valence-corrected chi connectivity index (χ2v) is 5.38. The molecule has 0 aromatic carbocycles. The van der Waals surface area contributed by atoms with Gasteiger partial charge in [-0.05, 0) is 44.6 Å². The van der Waals surface area contributed by atoms with Gasteiger partial charge < -0.3 is 11.1 Å². The van der Waals surface area contributed by atoms with Gasteiger partial charge >= 0.3 is 0 Å². The summed E-state index contributed by atoms with van der Waals surface area (Å²) in [6, 6.07) is 0.326. The first-order valence-corrected chi connectivity index (χ1v) is 6.96. The number of amides is 1. The molecule has 0 saturated heterocycles. The molecule has 1 saturated carbocycles. The SMILES string of the molecule is NCC1CCCCC1NC(=O)C1CC=CCC1. The highest BCUT2D eigenvalue weighted by atomic mass is 16.1. The Balaban J connectivity index is 1.85. The van der Waals surface area contributed by atoms with Gasteiger partial charge in [0.25, 0.3) is 0 Å². The van der Waals surface area contributed by atoms with Gasteiger partial charge in [0.2, 0.25) is 5.91 Å². The Kier molecular flexibility index (Phi) is 4.60. The van der Waals surface area contributed by atoms with Gasteiger partial charge in [-0.2, -0.15) is 0 Å². The smallest absolute Gasteiger partial charge is 0.223 e. The maximum atomic E-state index is 12.1. The number of hydrogen-bond acceptors (Lipinski definition) is 2. The van der Waals surface area contributed by atoms with Crippen molar-refractivity contribution in [2.75, 3.05) is 6.54 Å². The predicted molar refractivity (Wildman–Crippen MR) is 69.4 cm³/mol. The van der Waals surface area contributed by atoms with Crippen LogP contribution in [-0.4, -0.2) is 18.5 Å². The molecule has 2 aliphatic rings. The lowest BCUT2D eigenvalue weighted by atomic mass is 9.84. The maximum absolute atomic E-state index is 12.1. The Labute approximate surface area is 104 Å². The molecule has 3 unspecified atom stereocenters. The third kappa shape index (κ3) is 3.32. The Hall–Kier alpha value is -0.830. The molecule has 0 spiro atoms. The van der Waals surface area contributed by atoms with Crippen molar-refractivity contribution >= 4 is 5.91 Å². The molecule has 3 nitrogen and oxygen atoms in total. The summed E-state index contributed by atoms with van der Waals surface area (Å²) in [6.07, 6.45) is 12.0. The van der Waals surface area contributed by atoms with Crippen LogP contribution in [0.5, 0.6) is 0 Å². The minimum Gasteiger partial charge on any atom is -0.353 e. The van der Waals surface area contributed by atoms with Gasteiger partial charge in [-0.3, -0.25) is 4.79 Å². The van der Waals surface area contributed by atoms with Crippen molar-refractivity contribution in [3.8, 4) is 0 Å². The van der Waals surface area contributed by atoms with E-state index in [0.29, 0.717) is 18.5 Å². The summed E-state index contributed by atoms with van der Waals surface area (Å²) >= 11 is 0. The highest BCUT2D eigenvalue weighted by Crippen LogP contribution is 2.25. The molecule has 0 radical (unpaired) electrons. The number of allylic oxidation sites excluding steroid dienone is 2. The van der Waals surface area contributed by atoms with Crippen LogP contribution in [0.3, 0.4) is 0 Å². The molecule has 3 heteroatoms. The zero-order valence-corrected chi connectivity index (χ0v) is 10.5. The normalized spacial score (nSPS) is 33.4. The molecule has 0 heterocycles. The van der Waals surface area contributed by atoms with Gasteiger partial charge in [0.15, 0.2) is 0 Å². The van der Waals surface area contributed by atoms with Crippen LogP contribution in [0, 0.1) is 11.8 Å². The van der Waals surface area contributed by atoms with Gasteiger partial charge in [-0.1, -0.05) is 25.0 Å². The fourth-order valence-corrected chi connectivity index (χ4v) is 3.01. The highest BCUT2D eigenvalue weighted by molar-refractivity contribution is 5.79. The second kappa shape index (κ2) is 6.20. The molecule has 0 bridgehead atoms. The summed E-state index contributed by atoms with van der Waals surface area (Å²) < 4.78 is 0. The van der Waals surface area contributed by atoms with Crippen molar-refractivity contribution in [2.24, 2.45) is 17.6 Å². The molecule has 0 aromatic heterocycles. The van der Waals surface area contributed by atoms with Crippen LogP contribution in [0.25, 0.3) is 0 Å². The molecule has 2 aliphatic carbocycles. The zero-order chi connectivity index (χ0) is 12.1. The molecule has 0 aliphatic heterocycles. The summed E-state index contributed by atoms with van der Waals surface area (Å²) in [5.41, 5.74) is 5.79. The van der Waals surface area contributed by atoms with E-state index in [-0.39, 0.29) is 11.8 Å². The van der Waals surface area contributed by atoms with E-state index in [1.165, 1.54) is 19.3 Å². The lowest BCUT2D eigenvalue weighted by Gasteiger charge is -2.32. The van der Waals surface area contributed by atoms with E-state index >= 15 is 0 Å². The van der Waals surface area contributed by atoms with E-state index in [1.54, 1.807) is 0 Å². The Morgan fingerprint density at radius 3 is 2.76 bits per heavy atom. The van der Waals surface area contributed by atoms with E-state index in [2.05, 4.69) is 17.5 Å². The maximum Gasteiger partial charge on any atom is 0.223 e. The molecule has 1 fully saturated rings. The molecular formula is C14H24N2O. The minimum absolute atomic E-state index is 0.195. The standard InChI is InChI=1S/C14H24N2O/c15-10-12-8-4-5-9-13(12)16-14(17)11-6-2-1-3-7-11/h1-2,11-13H,3-10,15H2,(H,16,17). The topological polar surface area (TPSA) is 55.1 Å². The number of nitrogens with one attached hydrogen (secondary N) is 1. The van der Waals surface area contributed by atoms with Crippen molar-refractivity contribution in [1.29, 1.82) is 0 Å². The summed E-state index contributed by atoms with van der Waals surface area (Å²) in [6.45, 7) is 0.704. The predicted octanol–water partition coefficient (Wildman–Crippen LogP) is 1.98. The zero-order valence-electron chi connectivity index (χ0n) is 10.5. The largest absolute Gasteiger partial charge is 0.353 e. The van der Waals surface area contributed by atoms with E-state index in [0.717, 1.165) is 25.7 Å². The van der Waals surface area contributed by atoms with Crippen LogP contribution < -0.4 is 11.1 Å². The van der Waals surface area contributed by atoms with Gasteiger partial charge in [-0.25, -0.2) is 0 Å². The first-order chi connectivity index (χ1) is 8.31. The van der Waals surface area contributed by atoms with Crippen LogP contribution >= 0.6 is 0 Å². The third-order valence-corrected chi connectivity index (χ3v) is 4.18. The fraction of sp³-hybridized carbons (Fsp3) is 0.786. The van der Waals surface area contributed by atoms with Crippen LogP contribution in [-0.2, 0) is 4.79 Å². The van der Waals surface area contributed by atoms with Crippen LogP contribution in [0.4, 0.5) is 0 Å². The highest BCUT2D eigenvalue weighted by Gasteiger charge is 2.27. The van der Waals surface area contributed by atoms with Gasteiger partial charge in [0, 0.05) is 12.0 Å². The van der Waals surface area contributed by atoms with E-state index in [1.807, 2.05) is 0 Å². The molecule has 2 rings (SSSR count). The Bertz CT molecular complexity index is 288. The first kappa shape index (κ1) is 12.6. The number of hydrogen-bond donors (Lipinski definition) is 2. The van der Waals surface area contributed by atoms with Crippen molar-refractivity contribution in [3.05, 3.63) is 12.2 Å². The monoisotopic (exact) mass is 236 g/mol. The van der Waals surface area contributed by atoms with E-state index in [9.17, 15) is 4.79 Å². The summed E-state index contributed by atoms with van der Waals surface area (Å²) in [5.74, 6) is 0.937. The molecule has 3 N–H and O–H groups in total. The lowest BCUT2D eigenvalue weighted by molar-refractivity contribution is -0.126. The number of carbonyl (C=O) groups is 1. The van der Waals surface area contributed by atoms with Gasteiger partial charge in [0.05, 0.1) is 0 Å². The van der Waals surface area contributed by atoms with E-state index in [4.69, 9.17) is 5.73 Å². The molecular weight excluding hydrogens is 212 g/mol. The second-order valence-electron chi connectivity index (χ2n) is 5.38. The average molecular weight is 236 g/mol. The molecule has 3 atom stereocenters. The van der Waals surface area contributed by atoms with Gasteiger partial charge in [0.1, 0.15) is 0 Å². The Morgan fingerprint density at radius 2 is 2.06 bits per heavy atom. The quantitative estimate of drug-likeness (QED) is 0.736. The Morgan fingerprint density at radius 1 is 1.24 bits per heavy atom. The van der Waals surface area contributed by atoms with Crippen molar-refractivity contribution in [1.82, 2.24) is 5.32 Å². The molecule has 0 aromatic rings. The lowest BCUT2D eigenvalue weighted by Crippen LogP contribution is -2.46. The van der Waals surface area contributed by atoms with Crippen molar-refractivity contribution in [3.63, 3.8) is 0 Å². The van der Waals surface area contributed by atoms with Crippen LogP contribution in [0.1, 0.15) is 44.9 Å². The molecule has 96 valence electrons. The summed E-state index contributed by atoms with van der Waals surface area (Å²) in [4.78, 5) is 12.1. The van der Waals surface area contributed by atoms with Crippen molar-refractivity contribution < 1.29 is 4.79 Å². The summed E-state index contributed by atoms with van der Waals surface area (Å²) in [7, 11) is 0. The van der Waals surface area contributed by atoms with Crippen LogP contribution in [0.15, 0.2) is 12.2 Å². The number of nitrogens with two attached hydrogens (primary N) is 1. The number of carbonyl (C=O) groups excluding carboxylic acids is 1. The molecule has 17 heavy (non-hydrogen) atoms. The van der Waals surface area contributed by atoms with Crippen molar-refractivity contribution in [2.45, 2.75) is 51.0 Å². The fourth-order valence-electron chi connectivity index (χ4n) is 3.01. The van der Waals surface area contributed by atoms with Gasteiger partial charge in [-0.15, -0.1) is 0 Å². The number of rotatable bonds is 3. The minimum atomic E-state index is 0.195. The first-order valence-electron chi connectivity index (χ1n) is 6.96. The average Bonchev–Trinajstić information content (AvgIpc) is 2.40. The summed E-state index contributed by atoms with van der Waals surface area (Å²) in [5, 5.41) is 3.24.